The van der Waals surface area contributed by atoms with E-state index in [-0.39, 0.29) is 24.3 Å². The van der Waals surface area contributed by atoms with Crippen molar-refractivity contribution in [2.75, 3.05) is 19.8 Å². The van der Waals surface area contributed by atoms with Crippen LogP contribution in [0.1, 0.15) is 53.3 Å². The SMILES string of the molecule is CCCCCCOC(=O)c1ccccc1C(=O)OCCOc1ccc(Br)cc1. The van der Waals surface area contributed by atoms with Crippen LogP contribution >= 0.6 is 15.9 Å². The van der Waals surface area contributed by atoms with E-state index in [1.165, 1.54) is 0 Å². The van der Waals surface area contributed by atoms with Crippen molar-refractivity contribution >= 4 is 27.9 Å². The van der Waals surface area contributed by atoms with E-state index >= 15 is 0 Å². The summed E-state index contributed by atoms with van der Waals surface area (Å²) in [5.41, 5.74) is 0.418. The molecule has 0 radical (unpaired) electrons. The van der Waals surface area contributed by atoms with Crippen LogP contribution in [0.25, 0.3) is 0 Å². The number of rotatable bonds is 11. The molecule has 5 nitrogen and oxygen atoms in total. The summed E-state index contributed by atoms with van der Waals surface area (Å²) in [4.78, 5) is 24.6. The quantitative estimate of drug-likeness (QED) is 0.339. The first kappa shape index (κ1) is 22.0. The summed E-state index contributed by atoms with van der Waals surface area (Å²) < 4.78 is 17.0. The molecule has 150 valence electrons. The standard InChI is InChI=1S/C22H25BrO5/c1-2-3-4-7-14-27-21(24)19-8-5-6-9-20(19)22(25)28-16-15-26-18-12-10-17(23)11-13-18/h5-6,8-13H,2-4,7,14-16H2,1H3. The number of hydrogen-bond acceptors (Lipinski definition) is 5. The molecule has 28 heavy (non-hydrogen) atoms. The van der Waals surface area contributed by atoms with Gasteiger partial charge < -0.3 is 14.2 Å². The first-order valence-corrected chi connectivity index (χ1v) is 10.2. The fourth-order valence-corrected chi connectivity index (χ4v) is 2.78. The second-order valence-electron chi connectivity index (χ2n) is 6.18. The van der Waals surface area contributed by atoms with Crippen molar-refractivity contribution in [1.29, 1.82) is 0 Å². The van der Waals surface area contributed by atoms with E-state index in [0.717, 1.165) is 30.2 Å². The maximum atomic E-state index is 12.3. The van der Waals surface area contributed by atoms with E-state index in [0.29, 0.717) is 12.4 Å². The second kappa shape index (κ2) is 12.2. The lowest BCUT2D eigenvalue weighted by atomic mass is 10.1. The van der Waals surface area contributed by atoms with E-state index in [4.69, 9.17) is 14.2 Å². The lowest BCUT2D eigenvalue weighted by Crippen LogP contribution is -2.17. The number of benzene rings is 2. The minimum Gasteiger partial charge on any atom is -0.490 e. The Hall–Kier alpha value is -2.34. The minimum atomic E-state index is -0.571. The van der Waals surface area contributed by atoms with Gasteiger partial charge in [-0.05, 0) is 42.8 Å². The average molecular weight is 449 g/mol. The molecule has 0 fully saturated rings. The smallest absolute Gasteiger partial charge is 0.339 e. The molecule has 0 saturated carbocycles. The van der Waals surface area contributed by atoms with Gasteiger partial charge in [0.1, 0.15) is 19.0 Å². The average Bonchev–Trinajstić information content (AvgIpc) is 2.72. The van der Waals surface area contributed by atoms with Gasteiger partial charge in [-0.15, -0.1) is 0 Å². The number of halogens is 1. The van der Waals surface area contributed by atoms with Crippen LogP contribution in [0.15, 0.2) is 53.0 Å². The van der Waals surface area contributed by atoms with Crippen LogP contribution in [-0.2, 0) is 9.47 Å². The number of carbonyl (C=O) groups is 2. The highest BCUT2D eigenvalue weighted by atomic mass is 79.9. The van der Waals surface area contributed by atoms with E-state index in [2.05, 4.69) is 22.9 Å². The summed E-state index contributed by atoms with van der Waals surface area (Å²) >= 11 is 3.35. The van der Waals surface area contributed by atoms with Crippen molar-refractivity contribution in [2.45, 2.75) is 32.6 Å². The Labute approximate surface area is 174 Å². The predicted octanol–water partition coefficient (Wildman–Crippen LogP) is 5.42. The predicted molar refractivity (Wildman–Crippen MR) is 111 cm³/mol. The third-order valence-electron chi connectivity index (χ3n) is 4.00. The third kappa shape index (κ3) is 7.35. The lowest BCUT2D eigenvalue weighted by molar-refractivity contribution is 0.0422. The molecule has 0 aliphatic rings. The highest BCUT2D eigenvalue weighted by Gasteiger charge is 2.18. The van der Waals surface area contributed by atoms with E-state index < -0.39 is 11.9 Å². The maximum absolute atomic E-state index is 12.3. The Morgan fingerprint density at radius 3 is 2.00 bits per heavy atom. The molecule has 2 aromatic carbocycles. The second-order valence-corrected chi connectivity index (χ2v) is 7.10. The van der Waals surface area contributed by atoms with Crippen molar-refractivity contribution in [2.24, 2.45) is 0 Å². The third-order valence-corrected chi connectivity index (χ3v) is 4.53. The first-order chi connectivity index (χ1) is 13.6. The number of ether oxygens (including phenoxy) is 3. The van der Waals surface area contributed by atoms with Crippen LogP contribution in [0.2, 0.25) is 0 Å². The molecule has 0 aromatic heterocycles. The molecular formula is C22H25BrO5. The fraction of sp³-hybridized carbons (Fsp3) is 0.364. The van der Waals surface area contributed by atoms with E-state index in [1.807, 2.05) is 24.3 Å². The zero-order valence-electron chi connectivity index (χ0n) is 16.0. The van der Waals surface area contributed by atoms with Crippen molar-refractivity contribution < 1.29 is 23.8 Å². The molecule has 2 rings (SSSR count). The van der Waals surface area contributed by atoms with Gasteiger partial charge in [-0.1, -0.05) is 54.2 Å². The molecule has 0 unspecified atom stereocenters. The van der Waals surface area contributed by atoms with Gasteiger partial charge in [-0.2, -0.15) is 0 Å². The lowest BCUT2D eigenvalue weighted by Gasteiger charge is -2.10. The first-order valence-electron chi connectivity index (χ1n) is 9.43. The molecule has 0 aliphatic heterocycles. The zero-order chi connectivity index (χ0) is 20.2. The topological polar surface area (TPSA) is 61.8 Å². The van der Waals surface area contributed by atoms with Gasteiger partial charge >= 0.3 is 11.9 Å². The molecule has 0 aliphatic carbocycles. The molecule has 6 heteroatoms. The Morgan fingerprint density at radius 2 is 1.39 bits per heavy atom. The summed E-state index contributed by atoms with van der Waals surface area (Å²) in [7, 11) is 0. The van der Waals surface area contributed by atoms with Crippen LogP contribution in [0.4, 0.5) is 0 Å². The minimum absolute atomic E-state index is 0.0787. The molecular weight excluding hydrogens is 424 g/mol. The number of esters is 2. The summed E-state index contributed by atoms with van der Waals surface area (Å²) in [5.74, 6) is -0.389. The van der Waals surface area contributed by atoms with Gasteiger partial charge in [0.15, 0.2) is 0 Å². The fourth-order valence-electron chi connectivity index (χ4n) is 2.51. The molecule has 0 saturated heterocycles. The highest BCUT2D eigenvalue weighted by molar-refractivity contribution is 9.10. The Kier molecular flexibility index (Phi) is 9.55. The molecule has 0 atom stereocenters. The van der Waals surface area contributed by atoms with Gasteiger partial charge in [0.25, 0.3) is 0 Å². The number of hydrogen-bond donors (Lipinski definition) is 0. The van der Waals surface area contributed by atoms with Crippen LogP contribution in [-0.4, -0.2) is 31.8 Å². The van der Waals surface area contributed by atoms with Gasteiger partial charge in [-0.3, -0.25) is 0 Å². The summed E-state index contributed by atoms with van der Waals surface area (Å²) in [6.07, 6.45) is 4.07. The Morgan fingerprint density at radius 1 is 0.786 bits per heavy atom. The molecule has 2 aromatic rings. The van der Waals surface area contributed by atoms with Gasteiger partial charge in [-0.25, -0.2) is 9.59 Å². The van der Waals surface area contributed by atoms with Gasteiger partial charge in [0, 0.05) is 4.47 Å². The molecule has 0 N–H and O–H groups in total. The van der Waals surface area contributed by atoms with E-state index in [1.54, 1.807) is 24.3 Å². The summed E-state index contributed by atoms with van der Waals surface area (Å²) in [5, 5.41) is 0. The van der Waals surface area contributed by atoms with Crippen LogP contribution in [0.5, 0.6) is 5.75 Å². The van der Waals surface area contributed by atoms with Gasteiger partial charge in [0.05, 0.1) is 17.7 Å². The highest BCUT2D eigenvalue weighted by Crippen LogP contribution is 2.16. The molecule has 0 spiro atoms. The summed E-state index contributed by atoms with van der Waals surface area (Å²) in [6, 6.07) is 13.9. The van der Waals surface area contributed by atoms with Gasteiger partial charge in [0.2, 0.25) is 0 Å². The molecule has 0 bridgehead atoms. The molecule has 0 heterocycles. The molecule has 0 amide bonds. The monoisotopic (exact) mass is 448 g/mol. The van der Waals surface area contributed by atoms with Crippen molar-refractivity contribution in [3.63, 3.8) is 0 Å². The Bertz CT molecular complexity index is 758. The van der Waals surface area contributed by atoms with E-state index in [9.17, 15) is 9.59 Å². The van der Waals surface area contributed by atoms with Crippen LogP contribution < -0.4 is 4.74 Å². The normalized spacial score (nSPS) is 10.4. The summed E-state index contributed by atoms with van der Waals surface area (Å²) in [6.45, 7) is 2.77. The number of carbonyl (C=O) groups excluding carboxylic acids is 2. The van der Waals surface area contributed by atoms with Crippen molar-refractivity contribution in [3.8, 4) is 5.75 Å². The Balaban J connectivity index is 1.82. The maximum Gasteiger partial charge on any atom is 0.339 e. The largest absolute Gasteiger partial charge is 0.490 e. The van der Waals surface area contributed by atoms with Crippen molar-refractivity contribution in [1.82, 2.24) is 0 Å². The van der Waals surface area contributed by atoms with Crippen LogP contribution in [0, 0.1) is 0 Å². The number of unbranched alkanes of at least 4 members (excludes halogenated alkanes) is 3. The zero-order valence-corrected chi connectivity index (χ0v) is 17.6. The van der Waals surface area contributed by atoms with Crippen molar-refractivity contribution in [3.05, 3.63) is 64.1 Å². The van der Waals surface area contributed by atoms with Crippen LogP contribution in [0.3, 0.4) is 0 Å².